The van der Waals surface area contributed by atoms with Crippen LogP contribution in [0.4, 0.5) is 11.4 Å². The highest BCUT2D eigenvalue weighted by atomic mass is 16.6. The van der Waals surface area contributed by atoms with Gasteiger partial charge in [0.05, 0.1) is 30.2 Å². The van der Waals surface area contributed by atoms with E-state index in [9.17, 15) is 24.8 Å². The number of ether oxygens (including phenoxy) is 1. The maximum atomic E-state index is 12.2. The van der Waals surface area contributed by atoms with Gasteiger partial charge >= 0.3 is 5.97 Å². The molecule has 2 rings (SSSR count). The first kappa shape index (κ1) is 20.8. The van der Waals surface area contributed by atoms with E-state index in [0.29, 0.717) is 13.0 Å². The van der Waals surface area contributed by atoms with E-state index in [2.05, 4.69) is 10.6 Å². The second-order valence-corrected chi connectivity index (χ2v) is 5.97. The van der Waals surface area contributed by atoms with Gasteiger partial charge in [-0.3, -0.25) is 19.7 Å². The van der Waals surface area contributed by atoms with Crippen LogP contribution in [0.1, 0.15) is 12.0 Å². The number of nitrogens with one attached hydrogen (secondary N) is 2. The van der Waals surface area contributed by atoms with Crippen LogP contribution >= 0.6 is 0 Å². The van der Waals surface area contributed by atoms with Crippen molar-refractivity contribution in [3.8, 4) is 5.75 Å². The first-order valence-electron chi connectivity index (χ1n) is 8.53. The molecule has 2 aromatic carbocycles. The van der Waals surface area contributed by atoms with Crippen molar-refractivity contribution in [1.82, 2.24) is 5.32 Å². The van der Waals surface area contributed by atoms with Crippen LogP contribution in [0.5, 0.6) is 5.75 Å². The molecule has 0 radical (unpaired) electrons. The summed E-state index contributed by atoms with van der Waals surface area (Å²) < 4.78 is 5.05. The first-order valence-corrected chi connectivity index (χ1v) is 8.53. The molecular weight excluding hydrogens is 366 g/mol. The summed E-state index contributed by atoms with van der Waals surface area (Å²) in [7, 11) is 1.32. The fourth-order valence-corrected chi connectivity index (χ4v) is 2.57. The third-order valence-corrected chi connectivity index (χ3v) is 4.00. The van der Waals surface area contributed by atoms with Gasteiger partial charge in [-0.15, -0.1) is 0 Å². The summed E-state index contributed by atoms with van der Waals surface area (Å²) in [5.74, 6) is -1.57. The van der Waals surface area contributed by atoms with Gasteiger partial charge in [-0.1, -0.05) is 30.3 Å². The van der Waals surface area contributed by atoms with E-state index < -0.39 is 22.8 Å². The monoisotopic (exact) mass is 387 g/mol. The SMILES string of the molecule is COc1cc([N+](=O)[O-])ccc1NC(=O)CC(NCCc1ccccc1)C(=O)O. The quantitative estimate of drug-likeness (QED) is 0.421. The van der Waals surface area contributed by atoms with Crippen molar-refractivity contribution in [3.63, 3.8) is 0 Å². The normalized spacial score (nSPS) is 11.5. The van der Waals surface area contributed by atoms with Gasteiger partial charge in [0.2, 0.25) is 5.91 Å². The third kappa shape index (κ3) is 6.06. The predicted molar refractivity (Wildman–Crippen MR) is 102 cm³/mol. The van der Waals surface area contributed by atoms with Gasteiger partial charge in [0.15, 0.2) is 0 Å². The van der Waals surface area contributed by atoms with Gasteiger partial charge in [-0.25, -0.2) is 0 Å². The number of nitro benzene ring substituents is 1. The number of carboxylic acid groups (broad SMARTS) is 1. The van der Waals surface area contributed by atoms with Gasteiger partial charge in [-0.05, 0) is 24.6 Å². The summed E-state index contributed by atoms with van der Waals surface area (Å²) in [6, 6.07) is 12.3. The van der Waals surface area contributed by atoms with Crippen LogP contribution in [0.15, 0.2) is 48.5 Å². The molecule has 2 aromatic rings. The summed E-state index contributed by atoms with van der Waals surface area (Å²) >= 11 is 0. The fraction of sp³-hybridized carbons (Fsp3) is 0.263. The molecular formula is C19H21N3O6. The zero-order chi connectivity index (χ0) is 20.5. The maximum Gasteiger partial charge on any atom is 0.321 e. The molecule has 0 bridgehead atoms. The zero-order valence-electron chi connectivity index (χ0n) is 15.3. The van der Waals surface area contributed by atoms with E-state index in [1.807, 2.05) is 30.3 Å². The highest BCUT2D eigenvalue weighted by molar-refractivity contribution is 5.95. The van der Waals surface area contributed by atoms with E-state index in [-0.39, 0.29) is 23.5 Å². The Bertz CT molecular complexity index is 841. The molecule has 0 aromatic heterocycles. The minimum Gasteiger partial charge on any atom is -0.494 e. The smallest absolute Gasteiger partial charge is 0.321 e. The van der Waals surface area contributed by atoms with Crippen molar-refractivity contribution in [2.24, 2.45) is 0 Å². The predicted octanol–water partition coefficient (Wildman–Crippen LogP) is 2.22. The van der Waals surface area contributed by atoms with Crippen LogP contribution in [0.3, 0.4) is 0 Å². The number of anilines is 1. The van der Waals surface area contributed by atoms with Gasteiger partial charge in [0.25, 0.3) is 5.69 Å². The molecule has 148 valence electrons. The molecule has 0 heterocycles. The molecule has 3 N–H and O–H groups in total. The molecule has 0 saturated heterocycles. The largest absolute Gasteiger partial charge is 0.494 e. The van der Waals surface area contributed by atoms with Gasteiger partial charge in [-0.2, -0.15) is 0 Å². The van der Waals surface area contributed by atoms with Gasteiger partial charge in [0.1, 0.15) is 11.8 Å². The Balaban J connectivity index is 1.95. The van der Waals surface area contributed by atoms with E-state index in [0.717, 1.165) is 5.56 Å². The molecule has 9 nitrogen and oxygen atoms in total. The number of hydrogen-bond donors (Lipinski definition) is 3. The second kappa shape index (κ2) is 10.0. The van der Waals surface area contributed by atoms with E-state index in [4.69, 9.17) is 4.74 Å². The van der Waals surface area contributed by atoms with Crippen molar-refractivity contribution in [2.45, 2.75) is 18.9 Å². The number of non-ortho nitro benzene ring substituents is 1. The number of carbonyl (C=O) groups excluding carboxylic acids is 1. The van der Waals surface area contributed by atoms with Crippen LogP contribution in [0.25, 0.3) is 0 Å². The number of nitro groups is 1. The zero-order valence-corrected chi connectivity index (χ0v) is 15.3. The number of carbonyl (C=O) groups is 2. The third-order valence-electron chi connectivity index (χ3n) is 4.00. The number of rotatable bonds is 10. The summed E-state index contributed by atoms with van der Waals surface area (Å²) in [6.45, 7) is 0.398. The Morgan fingerprint density at radius 3 is 2.54 bits per heavy atom. The average molecular weight is 387 g/mol. The lowest BCUT2D eigenvalue weighted by molar-refractivity contribution is -0.384. The summed E-state index contributed by atoms with van der Waals surface area (Å²) in [6.07, 6.45) is 0.326. The Morgan fingerprint density at radius 1 is 1.21 bits per heavy atom. The summed E-state index contributed by atoms with van der Waals surface area (Å²) in [5, 5.41) is 25.5. The molecule has 0 aliphatic carbocycles. The topological polar surface area (TPSA) is 131 Å². The van der Waals surface area contributed by atoms with Crippen molar-refractivity contribution in [2.75, 3.05) is 19.0 Å². The number of carboxylic acids is 1. The minimum absolute atomic E-state index is 0.117. The number of amides is 1. The first-order chi connectivity index (χ1) is 13.4. The van der Waals surface area contributed by atoms with Crippen molar-refractivity contribution in [3.05, 3.63) is 64.2 Å². The van der Waals surface area contributed by atoms with Crippen molar-refractivity contribution in [1.29, 1.82) is 0 Å². The standard InChI is InChI=1S/C19H21N3O6/c1-28-17-11-14(22(26)27)7-8-15(17)21-18(23)12-16(19(24)25)20-10-9-13-5-3-2-4-6-13/h2-8,11,16,20H,9-10,12H2,1H3,(H,21,23)(H,24,25). The second-order valence-electron chi connectivity index (χ2n) is 5.97. The lowest BCUT2D eigenvalue weighted by Gasteiger charge is -2.15. The molecule has 28 heavy (non-hydrogen) atoms. The number of hydrogen-bond acceptors (Lipinski definition) is 6. The van der Waals surface area contributed by atoms with E-state index >= 15 is 0 Å². The Kier molecular flexibility index (Phi) is 7.46. The molecule has 1 amide bonds. The molecule has 0 saturated carbocycles. The van der Waals surface area contributed by atoms with Crippen LogP contribution in [-0.4, -0.2) is 41.6 Å². The minimum atomic E-state index is -1.14. The number of methoxy groups -OCH3 is 1. The van der Waals surface area contributed by atoms with Crippen LogP contribution in [0.2, 0.25) is 0 Å². The number of nitrogens with zero attached hydrogens (tertiary/aromatic N) is 1. The number of aliphatic carboxylic acids is 1. The van der Waals surface area contributed by atoms with Crippen LogP contribution in [-0.2, 0) is 16.0 Å². The van der Waals surface area contributed by atoms with Crippen molar-refractivity contribution < 1.29 is 24.4 Å². The van der Waals surface area contributed by atoms with Gasteiger partial charge < -0.3 is 20.5 Å². The molecule has 0 spiro atoms. The molecule has 1 atom stereocenters. The van der Waals surface area contributed by atoms with Crippen molar-refractivity contribution >= 4 is 23.3 Å². The lowest BCUT2D eigenvalue weighted by Crippen LogP contribution is -2.40. The Labute approximate surface area is 161 Å². The summed E-state index contributed by atoms with van der Waals surface area (Å²) in [5.41, 5.74) is 1.10. The Hall–Kier alpha value is -3.46. The Morgan fingerprint density at radius 2 is 1.93 bits per heavy atom. The summed E-state index contributed by atoms with van der Waals surface area (Å²) in [4.78, 5) is 33.9. The van der Waals surface area contributed by atoms with Crippen LogP contribution in [0, 0.1) is 10.1 Å². The molecule has 9 heteroatoms. The highest BCUT2D eigenvalue weighted by Crippen LogP contribution is 2.29. The fourth-order valence-electron chi connectivity index (χ4n) is 2.57. The highest BCUT2D eigenvalue weighted by Gasteiger charge is 2.22. The average Bonchev–Trinajstić information content (AvgIpc) is 2.68. The maximum absolute atomic E-state index is 12.2. The molecule has 0 aliphatic rings. The van der Waals surface area contributed by atoms with E-state index in [1.165, 1.54) is 25.3 Å². The molecule has 0 fully saturated rings. The lowest BCUT2D eigenvalue weighted by atomic mass is 10.1. The van der Waals surface area contributed by atoms with Gasteiger partial charge in [0, 0.05) is 6.07 Å². The van der Waals surface area contributed by atoms with Crippen LogP contribution < -0.4 is 15.4 Å². The van der Waals surface area contributed by atoms with E-state index in [1.54, 1.807) is 0 Å². The molecule has 1 unspecified atom stereocenters. The number of benzene rings is 2. The molecule has 0 aliphatic heterocycles.